The first kappa shape index (κ1) is 13.6. The van der Waals surface area contributed by atoms with Crippen LogP contribution in [-0.2, 0) is 0 Å². The molecule has 4 rings (SSSR count). The van der Waals surface area contributed by atoms with E-state index in [4.69, 9.17) is 0 Å². The minimum Gasteiger partial charge on any atom is -0.296 e. The Morgan fingerprint density at radius 3 is 2.91 bits per heavy atom. The average molecular weight is 346 g/mol. The van der Waals surface area contributed by atoms with Gasteiger partial charge in [-0.2, -0.15) is 0 Å². The molecule has 0 aliphatic rings. The van der Waals surface area contributed by atoms with Crippen molar-refractivity contribution in [3.05, 3.63) is 45.9 Å². The first-order valence-electron chi connectivity index (χ1n) is 6.44. The molecule has 0 atom stereocenters. The zero-order valence-corrected chi connectivity index (χ0v) is 13.9. The number of nitrogens with one attached hydrogen (secondary N) is 1. The highest BCUT2D eigenvalue weighted by Crippen LogP contribution is 2.28. The van der Waals surface area contributed by atoms with Crippen molar-refractivity contribution in [2.75, 3.05) is 5.32 Å². The molecule has 22 heavy (non-hydrogen) atoms. The largest absolute Gasteiger partial charge is 0.296 e. The van der Waals surface area contributed by atoms with Gasteiger partial charge < -0.3 is 0 Å². The van der Waals surface area contributed by atoms with Crippen LogP contribution >= 0.6 is 34.0 Å². The van der Waals surface area contributed by atoms with Crippen molar-refractivity contribution < 1.29 is 4.79 Å². The summed E-state index contributed by atoms with van der Waals surface area (Å²) in [5, 5.41) is 9.36. The van der Waals surface area contributed by atoms with Crippen LogP contribution in [0.15, 0.2) is 34.5 Å². The van der Waals surface area contributed by atoms with Gasteiger partial charge in [0.2, 0.25) is 0 Å². The van der Waals surface area contributed by atoms with Gasteiger partial charge in [0, 0.05) is 22.7 Å². The van der Waals surface area contributed by atoms with Crippen LogP contribution in [-0.4, -0.2) is 20.3 Å². The van der Waals surface area contributed by atoms with E-state index in [-0.39, 0.29) is 5.91 Å². The summed E-state index contributed by atoms with van der Waals surface area (Å²) in [5.41, 5.74) is 2.36. The number of rotatable bonds is 3. The zero-order chi connectivity index (χ0) is 15.1. The van der Waals surface area contributed by atoms with Crippen LogP contribution < -0.4 is 5.32 Å². The van der Waals surface area contributed by atoms with Crippen molar-refractivity contribution in [1.82, 2.24) is 14.4 Å². The maximum Gasteiger partial charge on any atom is 0.277 e. The Bertz CT molecular complexity index is 948. The van der Waals surface area contributed by atoms with Crippen LogP contribution in [0.4, 0.5) is 5.13 Å². The van der Waals surface area contributed by atoms with Gasteiger partial charge in [-0.3, -0.25) is 14.5 Å². The number of hydrogen-bond acceptors (Lipinski definition) is 6. The molecule has 0 radical (unpaired) electrons. The predicted molar refractivity (Wildman–Crippen MR) is 91.2 cm³/mol. The molecule has 4 aromatic heterocycles. The van der Waals surface area contributed by atoms with Crippen molar-refractivity contribution in [3.63, 3.8) is 0 Å². The Morgan fingerprint density at radius 2 is 2.14 bits per heavy atom. The van der Waals surface area contributed by atoms with E-state index in [1.54, 1.807) is 17.5 Å². The molecule has 4 aromatic rings. The third-order valence-electron chi connectivity index (χ3n) is 3.12. The lowest BCUT2D eigenvalue weighted by Gasteiger charge is -1.97. The van der Waals surface area contributed by atoms with Crippen LogP contribution in [0.5, 0.6) is 0 Å². The van der Waals surface area contributed by atoms with Gasteiger partial charge >= 0.3 is 0 Å². The minimum atomic E-state index is -0.234. The number of nitrogens with zero attached hydrogens (tertiary/aromatic N) is 3. The SMILES string of the molecule is Cc1csc2nc(C(=O)Nc3nc(-c4cccs4)cs3)cn12. The monoisotopic (exact) mass is 346 g/mol. The molecule has 0 aliphatic heterocycles. The van der Waals surface area contributed by atoms with Crippen LogP contribution in [0, 0.1) is 6.92 Å². The fourth-order valence-corrected chi connectivity index (χ4v) is 4.35. The van der Waals surface area contributed by atoms with E-state index in [0.717, 1.165) is 21.2 Å². The normalized spacial score (nSPS) is 11.1. The molecule has 5 nitrogen and oxygen atoms in total. The molecule has 0 fully saturated rings. The molecule has 0 unspecified atom stereocenters. The van der Waals surface area contributed by atoms with Gasteiger partial charge in [-0.25, -0.2) is 9.97 Å². The van der Waals surface area contributed by atoms with Gasteiger partial charge in [0.15, 0.2) is 10.1 Å². The summed E-state index contributed by atoms with van der Waals surface area (Å²) in [7, 11) is 0. The molecule has 0 saturated carbocycles. The number of carbonyl (C=O) groups is 1. The average Bonchev–Trinajstić information content (AvgIpc) is 3.23. The van der Waals surface area contributed by atoms with Crippen molar-refractivity contribution in [2.45, 2.75) is 6.92 Å². The van der Waals surface area contributed by atoms with Crippen LogP contribution in [0.25, 0.3) is 15.5 Å². The van der Waals surface area contributed by atoms with Crippen LogP contribution in [0.3, 0.4) is 0 Å². The molecule has 0 aliphatic carbocycles. The van der Waals surface area contributed by atoms with Crippen molar-refractivity contribution >= 4 is 50.0 Å². The summed E-state index contributed by atoms with van der Waals surface area (Å²) < 4.78 is 1.92. The summed E-state index contributed by atoms with van der Waals surface area (Å²) in [6.45, 7) is 1.99. The van der Waals surface area contributed by atoms with Gasteiger partial charge in [0.25, 0.3) is 5.91 Å². The number of imidazole rings is 1. The Balaban J connectivity index is 1.56. The van der Waals surface area contributed by atoms with E-state index in [9.17, 15) is 4.79 Å². The van der Waals surface area contributed by atoms with Gasteiger partial charge in [-0.1, -0.05) is 6.07 Å². The molecule has 1 amide bonds. The van der Waals surface area contributed by atoms with E-state index in [0.29, 0.717) is 10.8 Å². The minimum absolute atomic E-state index is 0.234. The topological polar surface area (TPSA) is 59.3 Å². The second-order valence-electron chi connectivity index (χ2n) is 4.63. The highest BCUT2D eigenvalue weighted by atomic mass is 32.1. The number of amides is 1. The first-order valence-corrected chi connectivity index (χ1v) is 9.08. The molecule has 8 heteroatoms. The third kappa shape index (κ3) is 2.35. The van der Waals surface area contributed by atoms with Crippen molar-refractivity contribution in [2.24, 2.45) is 0 Å². The van der Waals surface area contributed by atoms with Gasteiger partial charge in [0.05, 0.1) is 10.6 Å². The molecule has 0 bridgehead atoms. The Hall–Kier alpha value is -2.03. The van der Waals surface area contributed by atoms with Crippen LogP contribution in [0.2, 0.25) is 0 Å². The number of thiophene rings is 1. The smallest absolute Gasteiger partial charge is 0.277 e. The molecule has 0 aromatic carbocycles. The molecule has 0 spiro atoms. The first-order chi connectivity index (χ1) is 10.7. The van der Waals surface area contributed by atoms with E-state index in [2.05, 4.69) is 15.3 Å². The second kappa shape index (κ2) is 5.31. The number of fused-ring (bicyclic) bond motifs is 1. The standard InChI is InChI=1S/C14H10N4OS3/c1-8-6-22-14-16-9(5-18(8)14)12(19)17-13-15-10(7-21-13)11-3-2-4-20-11/h2-7H,1H3,(H,15,17,19). The summed E-state index contributed by atoms with van der Waals surface area (Å²) in [4.78, 5) is 23.0. The predicted octanol–water partition coefficient (Wildman–Crippen LogP) is 4.14. The molecule has 1 N–H and O–H groups in total. The van der Waals surface area contributed by atoms with E-state index < -0.39 is 0 Å². The summed E-state index contributed by atoms with van der Waals surface area (Å²) >= 11 is 4.56. The number of aryl methyl sites for hydroxylation is 1. The molecular formula is C14H10N4OS3. The maximum atomic E-state index is 12.3. The number of aromatic nitrogens is 3. The summed E-state index contributed by atoms with van der Waals surface area (Å²) in [6.07, 6.45) is 1.75. The Kier molecular flexibility index (Phi) is 3.29. The molecule has 4 heterocycles. The lowest BCUT2D eigenvalue weighted by Crippen LogP contribution is -2.12. The van der Waals surface area contributed by atoms with E-state index in [1.807, 2.05) is 39.6 Å². The lowest BCUT2D eigenvalue weighted by atomic mass is 10.4. The van der Waals surface area contributed by atoms with Crippen LogP contribution in [0.1, 0.15) is 16.2 Å². The van der Waals surface area contributed by atoms with E-state index >= 15 is 0 Å². The lowest BCUT2D eigenvalue weighted by molar-refractivity contribution is 0.102. The Morgan fingerprint density at radius 1 is 1.23 bits per heavy atom. The van der Waals surface area contributed by atoms with Gasteiger partial charge in [-0.05, 0) is 18.4 Å². The molecule has 110 valence electrons. The van der Waals surface area contributed by atoms with Crippen molar-refractivity contribution in [3.8, 4) is 10.6 Å². The third-order valence-corrected chi connectivity index (χ3v) is 5.73. The zero-order valence-electron chi connectivity index (χ0n) is 11.4. The summed E-state index contributed by atoms with van der Waals surface area (Å²) in [5.74, 6) is -0.234. The Labute approximate surface area is 137 Å². The molecule has 0 saturated heterocycles. The summed E-state index contributed by atoms with van der Waals surface area (Å²) in [6, 6.07) is 4.00. The highest BCUT2D eigenvalue weighted by molar-refractivity contribution is 7.16. The number of hydrogen-bond donors (Lipinski definition) is 1. The quantitative estimate of drug-likeness (QED) is 0.606. The fraction of sp³-hybridized carbons (Fsp3) is 0.0714. The van der Waals surface area contributed by atoms with E-state index in [1.165, 1.54) is 22.7 Å². The second-order valence-corrected chi connectivity index (χ2v) is 7.27. The molecular weight excluding hydrogens is 336 g/mol. The highest BCUT2D eigenvalue weighted by Gasteiger charge is 2.15. The fourth-order valence-electron chi connectivity index (χ4n) is 2.03. The maximum absolute atomic E-state index is 12.3. The van der Waals surface area contributed by atoms with Gasteiger partial charge in [-0.15, -0.1) is 34.0 Å². The number of anilines is 1. The van der Waals surface area contributed by atoms with Crippen molar-refractivity contribution in [1.29, 1.82) is 0 Å². The number of carbonyl (C=O) groups excluding carboxylic acids is 1. The van der Waals surface area contributed by atoms with Gasteiger partial charge in [0.1, 0.15) is 5.69 Å². The number of thiazole rings is 2.